The van der Waals surface area contributed by atoms with Crippen molar-refractivity contribution in [2.45, 2.75) is 62.7 Å². The molecule has 1 fully saturated rings. The predicted molar refractivity (Wildman–Crippen MR) is 111 cm³/mol. The number of nitrogens with one attached hydrogen (secondary N) is 1. The molecule has 1 aromatic carbocycles. The molecule has 3 rings (SSSR count). The van der Waals surface area contributed by atoms with Crippen LogP contribution in [0.5, 0.6) is 0 Å². The van der Waals surface area contributed by atoms with Crippen LogP contribution in [0, 0.1) is 0 Å². The normalized spacial score (nSPS) is 22.1. The van der Waals surface area contributed by atoms with Gasteiger partial charge in [0.05, 0.1) is 21.7 Å². The van der Waals surface area contributed by atoms with Crippen LogP contribution in [0.1, 0.15) is 41.0 Å². The van der Waals surface area contributed by atoms with Gasteiger partial charge in [-0.2, -0.15) is 4.31 Å². The molecule has 0 saturated carbocycles. The number of hydrogen-bond donors (Lipinski definition) is 3. The molecule has 0 bridgehead atoms. The fourth-order valence-electron chi connectivity index (χ4n) is 3.14. The minimum Gasteiger partial charge on any atom is -0.427 e. The highest BCUT2D eigenvalue weighted by Gasteiger charge is 2.39. The number of aromatic nitrogens is 1. The molecule has 1 aromatic heterocycles. The average Bonchev–Trinajstić information content (AvgIpc) is 3.14. The number of H-pyrrole nitrogens is 1. The lowest BCUT2D eigenvalue weighted by Gasteiger charge is -2.37. The van der Waals surface area contributed by atoms with E-state index in [1.807, 2.05) is 13.8 Å². The zero-order chi connectivity index (χ0) is 21.0. The summed E-state index contributed by atoms with van der Waals surface area (Å²) in [6.45, 7) is 9.13. The second-order valence-electron chi connectivity index (χ2n) is 8.96. The molecule has 1 saturated heterocycles. The van der Waals surface area contributed by atoms with Gasteiger partial charge in [0.15, 0.2) is 0 Å². The largest absolute Gasteiger partial charge is 0.427 e. The van der Waals surface area contributed by atoms with E-state index >= 15 is 0 Å². The van der Waals surface area contributed by atoms with Crippen LogP contribution in [0.3, 0.4) is 0 Å². The van der Waals surface area contributed by atoms with Crippen molar-refractivity contribution >= 4 is 33.9 Å². The van der Waals surface area contributed by atoms with Gasteiger partial charge in [-0.3, -0.25) is 0 Å². The van der Waals surface area contributed by atoms with Crippen molar-refractivity contribution in [1.82, 2.24) is 9.29 Å². The fraction of sp³-hybridized carbons (Fsp3) is 0.579. The van der Waals surface area contributed by atoms with Crippen molar-refractivity contribution in [2.24, 2.45) is 0 Å². The molecule has 0 spiro atoms. The first-order valence-electron chi connectivity index (χ1n) is 9.42. The Morgan fingerprint density at radius 3 is 2.54 bits per heavy atom. The van der Waals surface area contributed by atoms with Crippen LogP contribution in [-0.2, 0) is 14.7 Å². The van der Waals surface area contributed by atoms with E-state index in [4.69, 9.17) is 4.65 Å². The lowest BCUT2D eigenvalue weighted by atomic mass is 9.82. The molecule has 3 N–H and O–H groups in total. The number of aliphatic hydroxyl groups is 2. The number of hydrogen-bond acceptors (Lipinski definition) is 5. The van der Waals surface area contributed by atoms with Gasteiger partial charge in [-0.1, -0.05) is 6.07 Å². The third-order valence-electron chi connectivity index (χ3n) is 5.86. The predicted octanol–water partition coefficient (Wildman–Crippen LogP) is 0.856. The first-order chi connectivity index (χ1) is 12.7. The number of sulfonamides is 1. The van der Waals surface area contributed by atoms with Gasteiger partial charge in [-0.15, -0.1) is 0 Å². The van der Waals surface area contributed by atoms with Gasteiger partial charge in [0, 0.05) is 18.6 Å². The van der Waals surface area contributed by atoms with E-state index in [1.54, 1.807) is 45.2 Å². The SMILES string of the molecule is CC1(O)CCN(S(=O)(=O)c2ccc3c(BOC(C)(C)C(C)(C)O)c[nH]c3c2)C1. The smallest absolute Gasteiger partial charge is 0.311 e. The highest BCUT2D eigenvalue weighted by Crippen LogP contribution is 2.28. The van der Waals surface area contributed by atoms with Gasteiger partial charge in [0.1, 0.15) is 0 Å². The summed E-state index contributed by atoms with van der Waals surface area (Å²) in [7, 11) is -3.37. The molecule has 2 aromatic rings. The van der Waals surface area contributed by atoms with Crippen LogP contribution in [0.15, 0.2) is 29.3 Å². The summed E-state index contributed by atoms with van der Waals surface area (Å²) in [6, 6.07) is 4.97. The van der Waals surface area contributed by atoms with Crippen molar-refractivity contribution < 1.29 is 23.3 Å². The van der Waals surface area contributed by atoms with Crippen molar-refractivity contribution in [3.63, 3.8) is 0 Å². The first-order valence-corrected chi connectivity index (χ1v) is 10.9. The maximum absolute atomic E-state index is 12.9. The Morgan fingerprint density at radius 1 is 1.29 bits per heavy atom. The van der Waals surface area contributed by atoms with Gasteiger partial charge in [0.25, 0.3) is 0 Å². The van der Waals surface area contributed by atoms with Crippen LogP contribution in [0.4, 0.5) is 0 Å². The molecule has 2 heterocycles. The molecule has 1 aliphatic heterocycles. The molecule has 1 unspecified atom stereocenters. The van der Waals surface area contributed by atoms with Crippen LogP contribution in [0.25, 0.3) is 10.9 Å². The number of benzene rings is 1. The highest BCUT2D eigenvalue weighted by molar-refractivity contribution is 7.89. The summed E-state index contributed by atoms with van der Waals surface area (Å²) in [5.74, 6) is 0. The quantitative estimate of drug-likeness (QED) is 0.616. The number of rotatable bonds is 6. The zero-order valence-electron chi connectivity index (χ0n) is 17.1. The maximum atomic E-state index is 12.9. The van der Waals surface area contributed by atoms with Gasteiger partial charge >= 0.3 is 7.48 Å². The van der Waals surface area contributed by atoms with Crippen LogP contribution < -0.4 is 5.46 Å². The Labute approximate surface area is 167 Å². The molecule has 28 heavy (non-hydrogen) atoms. The average molecular weight is 408 g/mol. The minimum absolute atomic E-state index is 0.100. The Hall–Kier alpha value is -1.39. The molecule has 0 radical (unpaired) electrons. The topological polar surface area (TPSA) is 103 Å². The molecular formula is C19H29BN2O5S. The molecule has 9 heteroatoms. The van der Waals surface area contributed by atoms with Crippen molar-refractivity contribution in [1.29, 1.82) is 0 Å². The number of aromatic amines is 1. The third-order valence-corrected chi connectivity index (χ3v) is 7.70. The summed E-state index contributed by atoms with van der Waals surface area (Å²) < 4.78 is 33.0. The molecule has 1 aliphatic rings. The van der Waals surface area contributed by atoms with E-state index in [0.717, 1.165) is 10.8 Å². The summed E-state index contributed by atoms with van der Waals surface area (Å²) in [5.41, 5.74) is -1.14. The van der Waals surface area contributed by atoms with Gasteiger partial charge < -0.3 is 19.9 Å². The Kier molecular flexibility index (Phi) is 5.21. The summed E-state index contributed by atoms with van der Waals surface area (Å²) in [5, 5.41) is 21.2. The van der Waals surface area contributed by atoms with Crippen LogP contribution in [-0.4, -0.2) is 65.3 Å². The molecule has 1 atom stereocenters. The van der Waals surface area contributed by atoms with E-state index in [1.165, 1.54) is 4.31 Å². The van der Waals surface area contributed by atoms with Crippen LogP contribution >= 0.6 is 0 Å². The second kappa shape index (κ2) is 6.85. The summed E-state index contributed by atoms with van der Waals surface area (Å²) in [4.78, 5) is 3.31. The first kappa shape index (κ1) is 21.3. The number of fused-ring (bicyclic) bond motifs is 1. The number of nitrogens with zero attached hydrogens (tertiary/aromatic N) is 1. The van der Waals surface area contributed by atoms with E-state index < -0.39 is 26.8 Å². The Balaban J connectivity index is 1.83. The Morgan fingerprint density at radius 2 is 1.96 bits per heavy atom. The maximum Gasteiger partial charge on any atom is 0.311 e. The van der Waals surface area contributed by atoms with Gasteiger partial charge in [0.2, 0.25) is 10.0 Å². The molecular weight excluding hydrogens is 379 g/mol. The molecule has 7 nitrogen and oxygen atoms in total. The second-order valence-corrected chi connectivity index (χ2v) is 10.9. The summed E-state index contributed by atoms with van der Waals surface area (Å²) >= 11 is 0. The molecule has 154 valence electrons. The molecule has 0 aliphatic carbocycles. The van der Waals surface area contributed by atoms with Crippen molar-refractivity contribution in [2.75, 3.05) is 13.1 Å². The van der Waals surface area contributed by atoms with Crippen molar-refractivity contribution in [3.05, 3.63) is 24.4 Å². The third kappa shape index (κ3) is 4.00. The van der Waals surface area contributed by atoms with Gasteiger partial charge in [-0.05, 0) is 70.2 Å². The fourth-order valence-corrected chi connectivity index (χ4v) is 4.72. The van der Waals surface area contributed by atoms with Crippen LogP contribution in [0.2, 0.25) is 0 Å². The highest BCUT2D eigenvalue weighted by atomic mass is 32.2. The standard InChI is InChI=1S/C19H29BN2O5S/c1-17(2,23)18(3,4)27-20-15-11-21-16-10-13(6-7-14(15)16)28(25,26)22-9-8-19(5,24)12-22/h6-7,10-11,20-21,23-24H,8-9,12H2,1-5H3. The minimum atomic E-state index is -3.66. The molecule has 0 amide bonds. The monoisotopic (exact) mass is 408 g/mol. The number of β-amino-alcohol motifs (C(OH)–C–C–N with tert-alkyl or cyclic N) is 1. The van der Waals surface area contributed by atoms with E-state index in [9.17, 15) is 18.6 Å². The van der Waals surface area contributed by atoms with Gasteiger partial charge in [-0.25, -0.2) is 8.42 Å². The zero-order valence-corrected chi connectivity index (χ0v) is 17.9. The van der Waals surface area contributed by atoms with Crippen molar-refractivity contribution in [3.8, 4) is 0 Å². The van der Waals surface area contributed by atoms with E-state index in [2.05, 4.69) is 4.98 Å². The lowest BCUT2D eigenvalue weighted by molar-refractivity contribution is -0.0893. The lowest BCUT2D eigenvalue weighted by Crippen LogP contribution is -2.49. The van der Waals surface area contributed by atoms with E-state index in [-0.39, 0.29) is 18.9 Å². The summed E-state index contributed by atoms with van der Waals surface area (Å²) in [6.07, 6.45) is 2.22. The Bertz CT molecular complexity index is 976. The van der Waals surface area contributed by atoms with E-state index in [0.29, 0.717) is 18.5 Å².